The van der Waals surface area contributed by atoms with Crippen LogP contribution in [0.25, 0.3) is 0 Å². The number of aryl methyl sites for hydroxylation is 1. The molecular formula is C12H10F3N3O. The number of nitrogens with zero attached hydrogens (tertiary/aromatic N) is 3. The van der Waals surface area contributed by atoms with Gasteiger partial charge in [-0.2, -0.15) is 13.2 Å². The number of carbonyl (C=O) groups is 1. The van der Waals surface area contributed by atoms with E-state index in [1.54, 1.807) is 7.05 Å². The van der Waals surface area contributed by atoms with Crippen molar-refractivity contribution in [1.82, 2.24) is 15.0 Å². The summed E-state index contributed by atoms with van der Waals surface area (Å²) in [5.74, 6) is -0.284. The number of aromatic nitrogens is 3. The highest BCUT2D eigenvalue weighted by Crippen LogP contribution is 2.29. The number of hydrogen-bond donors (Lipinski definition) is 0. The van der Waals surface area contributed by atoms with Gasteiger partial charge in [0.15, 0.2) is 5.78 Å². The van der Waals surface area contributed by atoms with Crippen LogP contribution in [0.4, 0.5) is 13.2 Å². The molecule has 7 heteroatoms. The second-order valence-electron chi connectivity index (χ2n) is 4.07. The van der Waals surface area contributed by atoms with Crippen molar-refractivity contribution in [3.05, 3.63) is 47.3 Å². The number of ketones is 1. The van der Waals surface area contributed by atoms with E-state index in [2.05, 4.69) is 10.3 Å². The first-order chi connectivity index (χ1) is 8.86. The first-order valence-corrected chi connectivity index (χ1v) is 5.42. The predicted molar refractivity (Wildman–Crippen MR) is 60.5 cm³/mol. The fourth-order valence-electron chi connectivity index (χ4n) is 1.56. The molecule has 2 rings (SSSR count). The SMILES string of the molecule is Cn1cc(C(=O)Cc2ccc(C(F)(F)F)cc2)nn1. The Morgan fingerprint density at radius 1 is 1.26 bits per heavy atom. The van der Waals surface area contributed by atoms with Crippen molar-refractivity contribution in [2.75, 3.05) is 0 Å². The Morgan fingerprint density at radius 3 is 2.37 bits per heavy atom. The second-order valence-corrected chi connectivity index (χ2v) is 4.07. The number of Topliss-reactive ketones (excluding diaryl/α,β-unsaturated/α-hetero) is 1. The number of rotatable bonds is 3. The molecule has 0 unspecified atom stereocenters. The van der Waals surface area contributed by atoms with Crippen LogP contribution in [0.2, 0.25) is 0 Å². The molecule has 0 aliphatic heterocycles. The normalized spacial score (nSPS) is 11.6. The van der Waals surface area contributed by atoms with Gasteiger partial charge in [-0.15, -0.1) is 5.10 Å². The smallest absolute Gasteiger partial charge is 0.292 e. The van der Waals surface area contributed by atoms with E-state index in [9.17, 15) is 18.0 Å². The van der Waals surface area contributed by atoms with Crippen LogP contribution < -0.4 is 0 Å². The molecule has 100 valence electrons. The zero-order valence-corrected chi connectivity index (χ0v) is 9.98. The average Bonchev–Trinajstić information content (AvgIpc) is 2.75. The lowest BCUT2D eigenvalue weighted by molar-refractivity contribution is -0.137. The molecule has 0 aliphatic rings. The van der Waals surface area contributed by atoms with Crippen molar-refractivity contribution in [2.24, 2.45) is 7.05 Å². The van der Waals surface area contributed by atoms with Gasteiger partial charge in [-0.3, -0.25) is 9.48 Å². The van der Waals surface area contributed by atoms with Crippen LogP contribution >= 0.6 is 0 Å². The van der Waals surface area contributed by atoms with Crippen LogP contribution in [0.3, 0.4) is 0 Å². The molecule has 0 saturated heterocycles. The van der Waals surface area contributed by atoms with Crippen LogP contribution in [0.1, 0.15) is 21.6 Å². The summed E-state index contributed by atoms with van der Waals surface area (Å²) >= 11 is 0. The van der Waals surface area contributed by atoms with E-state index < -0.39 is 11.7 Å². The molecule has 0 spiro atoms. The van der Waals surface area contributed by atoms with Gasteiger partial charge < -0.3 is 0 Å². The fraction of sp³-hybridized carbons (Fsp3) is 0.250. The summed E-state index contributed by atoms with van der Waals surface area (Å²) < 4.78 is 38.5. The number of carbonyl (C=O) groups excluding carboxylic acids is 1. The van der Waals surface area contributed by atoms with Crippen LogP contribution in [0.5, 0.6) is 0 Å². The van der Waals surface area contributed by atoms with Gasteiger partial charge in [0.2, 0.25) is 0 Å². The van der Waals surface area contributed by atoms with E-state index in [0.29, 0.717) is 5.56 Å². The summed E-state index contributed by atoms with van der Waals surface area (Å²) in [6.45, 7) is 0. The molecule has 4 nitrogen and oxygen atoms in total. The van der Waals surface area contributed by atoms with E-state index in [1.807, 2.05) is 0 Å². The van der Waals surface area contributed by atoms with Gasteiger partial charge in [-0.25, -0.2) is 0 Å². The summed E-state index contributed by atoms with van der Waals surface area (Å²) in [4.78, 5) is 11.8. The third kappa shape index (κ3) is 3.18. The van der Waals surface area contributed by atoms with Gasteiger partial charge in [0.25, 0.3) is 0 Å². The summed E-state index contributed by atoms with van der Waals surface area (Å²) in [6.07, 6.45) is -2.91. The van der Waals surface area contributed by atoms with Crippen molar-refractivity contribution in [3.63, 3.8) is 0 Å². The van der Waals surface area contributed by atoms with Crippen molar-refractivity contribution < 1.29 is 18.0 Å². The molecule has 0 bridgehead atoms. The van der Waals surface area contributed by atoms with Gasteiger partial charge in [0.05, 0.1) is 11.8 Å². The molecule has 1 heterocycles. The van der Waals surface area contributed by atoms with Crippen LogP contribution in [-0.4, -0.2) is 20.8 Å². The fourth-order valence-corrected chi connectivity index (χ4v) is 1.56. The summed E-state index contributed by atoms with van der Waals surface area (Å²) in [5, 5.41) is 7.27. The lowest BCUT2D eigenvalue weighted by Gasteiger charge is -2.06. The number of hydrogen-bond acceptors (Lipinski definition) is 3. The Balaban J connectivity index is 2.10. The van der Waals surface area contributed by atoms with Crippen LogP contribution in [-0.2, 0) is 19.6 Å². The van der Waals surface area contributed by atoms with Gasteiger partial charge in [0.1, 0.15) is 5.69 Å². The molecule has 0 fully saturated rings. The standard InChI is InChI=1S/C12H10F3N3O/c1-18-7-10(16-17-18)11(19)6-8-2-4-9(5-3-8)12(13,14)15/h2-5,7H,6H2,1H3. The third-order valence-corrected chi connectivity index (χ3v) is 2.53. The molecule has 2 aromatic rings. The number of halogens is 3. The minimum atomic E-state index is -4.37. The molecule has 19 heavy (non-hydrogen) atoms. The molecule has 0 amide bonds. The second kappa shape index (κ2) is 4.83. The zero-order valence-electron chi connectivity index (χ0n) is 9.98. The van der Waals surface area contributed by atoms with E-state index >= 15 is 0 Å². The number of benzene rings is 1. The molecule has 0 aliphatic carbocycles. The maximum Gasteiger partial charge on any atom is 0.416 e. The molecule has 0 saturated carbocycles. The maximum atomic E-state index is 12.4. The molecule has 0 atom stereocenters. The van der Waals surface area contributed by atoms with Crippen LogP contribution in [0, 0.1) is 0 Å². The zero-order chi connectivity index (χ0) is 14.0. The molecule has 0 radical (unpaired) electrons. The Hall–Kier alpha value is -2.18. The van der Waals surface area contributed by atoms with E-state index in [-0.39, 0.29) is 17.9 Å². The average molecular weight is 269 g/mol. The Labute approximate surface area is 106 Å². The van der Waals surface area contributed by atoms with Crippen molar-refractivity contribution in [3.8, 4) is 0 Å². The first-order valence-electron chi connectivity index (χ1n) is 5.42. The van der Waals surface area contributed by atoms with Gasteiger partial charge in [-0.05, 0) is 17.7 Å². The van der Waals surface area contributed by atoms with Crippen molar-refractivity contribution in [2.45, 2.75) is 12.6 Å². The predicted octanol–water partition coefficient (Wildman–Crippen LogP) is 2.26. The molecule has 1 aromatic carbocycles. The third-order valence-electron chi connectivity index (χ3n) is 2.53. The molecule has 1 aromatic heterocycles. The highest BCUT2D eigenvalue weighted by atomic mass is 19.4. The van der Waals surface area contributed by atoms with Gasteiger partial charge in [0, 0.05) is 13.5 Å². The Morgan fingerprint density at radius 2 is 1.89 bits per heavy atom. The first kappa shape index (κ1) is 13.3. The quantitative estimate of drug-likeness (QED) is 0.803. The van der Waals surface area contributed by atoms with E-state index in [1.165, 1.54) is 23.0 Å². The Bertz CT molecular complexity index is 587. The van der Waals surface area contributed by atoms with Crippen molar-refractivity contribution in [1.29, 1.82) is 0 Å². The molecule has 0 N–H and O–H groups in total. The summed E-state index contributed by atoms with van der Waals surface area (Å²) in [7, 11) is 1.63. The highest BCUT2D eigenvalue weighted by Gasteiger charge is 2.30. The van der Waals surface area contributed by atoms with Gasteiger partial charge >= 0.3 is 6.18 Å². The maximum absolute atomic E-state index is 12.4. The minimum absolute atomic E-state index is 0.00314. The lowest BCUT2D eigenvalue weighted by Crippen LogP contribution is -2.07. The minimum Gasteiger partial charge on any atom is -0.292 e. The van der Waals surface area contributed by atoms with Crippen molar-refractivity contribution >= 4 is 5.78 Å². The van der Waals surface area contributed by atoms with Gasteiger partial charge in [-0.1, -0.05) is 17.3 Å². The summed E-state index contributed by atoms with van der Waals surface area (Å²) in [6, 6.07) is 4.49. The topological polar surface area (TPSA) is 47.8 Å². The highest BCUT2D eigenvalue weighted by molar-refractivity contribution is 5.95. The summed E-state index contributed by atoms with van der Waals surface area (Å²) in [5.41, 5.74) is -0.0331. The van der Waals surface area contributed by atoms with Crippen LogP contribution in [0.15, 0.2) is 30.5 Å². The monoisotopic (exact) mass is 269 g/mol. The lowest BCUT2D eigenvalue weighted by atomic mass is 10.1. The number of alkyl halides is 3. The Kier molecular flexibility index (Phi) is 3.37. The van der Waals surface area contributed by atoms with E-state index in [4.69, 9.17) is 0 Å². The molecular weight excluding hydrogens is 259 g/mol. The van der Waals surface area contributed by atoms with E-state index in [0.717, 1.165) is 12.1 Å². The largest absolute Gasteiger partial charge is 0.416 e.